The first-order valence-electron chi connectivity index (χ1n) is 9.03. The molecule has 130 valence electrons. The molecule has 24 heavy (non-hydrogen) atoms. The van der Waals surface area contributed by atoms with Crippen molar-refractivity contribution in [1.82, 2.24) is 4.90 Å². The molecule has 1 saturated heterocycles. The van der Waals surface area contributed by atoms with Gasteiger partial charge in [0.05, 0.1) is 0 Å². The molecule has 1 aliphatic carbocycles. The molecule has 0 radical (unpaired) electrons. The maximum atomic E-state index is 12.3. The Hall–Kier alpha value is -1.88. The van der Waals surface area contributed by atoms with Gasteiger partial charge < -0.3 is 11.1 Å². The first kappa shape index (κ1) is 17.0. The zero-order valence-corrected chi connectivity index (χ0v) is 14.2. The number of anilines is 1. The average molecular weight is 329 g/mol. The van der Waals surface area contributed by atoms with Crippen molar-refractivity contribution in [3.63, 3.8) is 0 Å². The largest absolute Gasteiger partial charge is 0.369 e. The van der Waals surface area contributed by atoms with Crippen LogP contribution in [0.1, 0.15) is 44.1 Å². The fourth-order valence-corrected chi connectivity index (χ4v) is 3.81. The summed E-state index contributed by atoms with van der Waals surface area (Å²) < 4.78 is 0. The van der Waals surface area contributed by atoms with Crippen molar-refractivity contribution in [3.8, 4) is 0 Å². The lowest BCUT2D eigenvalue weighted by Gasteiger charge is -2.30. The minimum atomic E-state index is -0.175. The second kappa shape index (κ2) is 7.79. The number of hydrogen-bond donors (Lipinski definition) is 2. The lowest BCUT2D eigenvalue weighted by molar-refractivity contribution is -0.123. The molecule has 0 bridgehead atoms. The van der Waals surface area contributed by atoms with E-state index >= 15 is 0 Å². The molecule has 3 rings (SSSR count). The van der Waals surface area contributed by atoms with Crippen LogP contribution in [0.5, 0.6) is 0 Å². The molecule has 1 aliphatic heterocycles. The first-order chi connectivity index (χ1) is 11.6. The number of amides is 2. The van der Waals surface area contributed by atoms with Crippen LogP contribution in [0.25, 0.3) is 0 Å². The van der Waals surface area contributed by atoms with Crippen molar-refractivity contribution in [1.29, 1.82) is 0 Å². The number of nitrogens with one attached hydrogen (secondary N) is 1. The molecule has 3 N–H and O–H groups in total. The molecule has 1 saturated carbocycles. The number of hydrogen-bond acceptors (Lipinski definition) is 3. The molecule has 1 heterocycles. The topological polar surface area (TPSA) is 75.4 Å². The normalized spacial score (nSPS) is 20.2. The van der Waals surface area contributed by atoms with Crippen molar-refractivity contribution >= 4 is 17.5 Å². The van der Waals surface area contributed by atoms with Gasteiger partial charge in [0.25, 0.3) is 0 Å². The second-order valence-electron chi connectivity index (χ2n) is 7.12. The maximum absolute atomic E-state index is 12.3. The van der Waals surface area contributed by atoms with E-state index in [1.165, 1.54) is 18.4 Å². The highest BCUT2D eigenvalue weighted by Gasteiger charge is 2.24. The first-order valence-corrected chi connectivity index (χ1v) is 9.03. The molecule has 2 amide bonds. The Morgan fingerprint density at radius 2 is 1.79 bits per heavy atom. The van der Waals surface area contributed by atoms with Crippen molar-refractivity contribution < 1.29 is 9.59 Å². The lowest BCUT2D eigenvalue weighted by atomic mass is 9.96. The van der Waals surface area contributed by atoms with Crippen molar-refractivity contribution in [2.24, 2.45) is 17.6 Å². The maximum Gasteiger partial charge on any atom is 0.227 e. The van der Waals surface area contributed by atoms with Gasteiger partial charge in [0.15, 0.2) is 0 Å². The van der Waals surface area contributed by atoms with Gasteiger partial charge in [0.2, 0.25) is 11.8 Å². The summed E-state index contributed by atoms with van der Waals surface area (Å²) in [5.41, 5.74) is 7.46. The van der Waals surface area contributed by atoms with Gasteiger partial charge in [-0.05, 0) is 56.5 Å². The zero-order chi connectivity index (χ0) is 16.9. The monoisotopic (exact) mass is 329 g/mol. The molecule has 5 heteroatoms. The van der Waals surface area contributed by atoms with Gasteiger partial charge in [-0.3, -0.25) is 14.5 Å². The Morgan fingerprint density at radius 3 is 2.46 bits per heavy atom. The molecule has 0 atom stereocenters. The second-order valence-corrected chi connectivity index (χ2v) is 7.12. The fraction of sp³-hybridized carbons (Fsp3) is 0.579. The molecule has 5 nitrogen and oxygen atoms in total. The number of carbonyl (C=O) groups is 2. The van der Waals surface area contributed by atoms with Crippen LogP contribution < -0.4 is 11.1 Å². The number of carbonyl (C=O) groups excluding carboxylic acids is 2. The van der Waals surface area contributed by atoms with E-state index in [0.717, 1.165) is 51.0 Å². The minimum absolute atomic E-state index is 0.0262. The van der Waals surface area contributed by atoms with Crippen LogP contribution >= 0.6 is 0 Å². The number of nitrogens with two attached hydrogens (primary N) is 1. The molecule has 0 unspecified atom stereocenters. The number of piperidine rings is 1. The van der Waals surface area contributed by atoms with E-state index in [1.807, 2.05) is 12.1 Å². The molecule has 2 aliphatic rings. The Labute approximate surface area is 143 Å². The molecule has 0 spiro atoms. The van der Waals surface area contributed by atoms with E-state index in [4.69, 9.17) is 5.73 Å². The smallest absolute Gasteiger partial charge is 0.227 e. The molecule has 2 fully saturated rings. The highest BCUT2D eigenvalue weighted by molar-refractivity contribution is 5.92. The van der Waals surface area contributed by atoms with E-state index in [2.05, 4.69) is 22.3 Å². The molecular weight excluding hydrogens is 302 g/mol. The van der Waals surface area contributed by atoms with Gasteiger partial charge >= 0.3 is 0 Å². The molecule has 0 aromatic heterocycles. The Morgan fingerprint density at radius 1 is 1.08 bits per heavy atom. The summed E-state index contributed by atoms with van der Waals surface area (Å²) in [6.07, 6.45) is 6.04. The van der Waals surface area contributed by atoms with Crippen LogP contribution in [0.2, 0.25) is 0 Å². The number of nitrogens with zero attached hydrogens (tertiary/aromatic N) is 1. The number of rotatable bonds is 5. The standard InChI is InChI=1S/C19H27N3O2/c20-18(23)15-8-10-22(11-9-15)13-14-4-3-7-17(12-14)21-19(24)16-5-1-2-6-16/h3-4,7,12,15-16H,1-2,5-6,8-11,13H2,(H2,20,23)(H,21,24). The molecule has 1 aromatic rings. The van der Waals surface area contributed by atoms with Gasteiger partial charge in [-0.1, -0.05) is 25.0 Å². The van der Waals surface area contributed by atoms with Crippen LogP contribution in [0.4, 0.5) is 5.69 Å². The Balaban J connectivity index is 1.53. The summed E-state index contributed by atoms with van der Waals surface area (Å²) in [6, 6.07) is 8.10. The van der Waals surface area contributed by atoms with Crippen LogP contribution in [-0.2, 0) is 16.1 Å². The van der Waals surface area contributed by atoms with Gasteiger partial charge in [0.1, 0.15) is 0 Å². The Bertz CT molecular complexity index is 588. The van der Waals surface area contributed by atoms with Gasteiger partial charge in [0, 0.05) is 24.1 Å². The summed E-state index contributed by atoms with van der Waals surface area (Å²) >= 11 is 0. The summed E-state index contributed by atoms with van der Waals surface area (Å²) in [6.45, 7) is 2.64. The Kier molecular flexibility index (Phi) is 5.51. The third-order valence-corrected chi connectivity index (χ3v) is 5.32. The fourth-order valence-electron chi connectivity index (χ4n) is 3.81. The predicted molar refractivity (Wildman–Crippen MR) is 94.2 cm³/mol. The van der Waals surface area contributed by atoms with Crippen molar-refractivity contribution in [2.75, 3.05) is 18.4 Å². The molecular formula is C19H27N3O2. The highest BCUT2D eigenvalue weighted by Crippen LogP contribution is 2.26. The summed E-state index contributed by atoms with van der Waals surface area (Å²) in [4.78, 5) is 25.8. The van der Waals surface area contributed by atoms with E-state index in [9.17, 15) is 9.59 Å². The quantitative estimate of drug-likeness (QED) is 0.871. The van der Waals surface area contributed by atoms with Crippen LogP contribution in [0.3, 0.4) is 0 Å². The summed E-state index contributed by atoms with van der Waals surface area (Å²) in [5, 5.41) is 3.06. The number of likely N-dealkylation sites (tertiary alicyclic amines) is 1. The highest BCUT2D eigenvalue weighted by atomic mass is 16.2. The summed E-state index contributed by atoms with van der Waals surface area (Å²) in [5.74, 6) is 0.193. The van der Waals surface area contributed by atoms with E-state index in [-0.39, 0.29) is 23.7 Å². The third kappa shape index (κ3) is 4.35. The minimum Gasteiger partial charge on any atom is -0.369 e. The van der Waals surface area contributed by atoms with Crippen molar-refractivity contribution in [3.05, 3.63) is 29.8 Å². The predicted octanol–water partition coefficient (Wildman–Crippen LogP) is 2.51. The van der Waals surface area contributed by atoms with E-state index < -0.39 is 0 Å². The van der Waals surface area contributed by atoms with E-state index in [1.54, 1.807) is 0 Å². The zero-order valence-electron chi connectivity index (χ0n) is 14.2. The average Bonchev–Trinajstić information content (AvgIpc) is 3.10. The number of benzene rings is 1. The van der Waals surface area contributed by atoms with Crippen LogP contribution in [-0.4, -0.2) is 29.8 Å². The van der Waals surface area contributed by atoms with Crippen LogP contribution in [0.15, 0.2) is 24.3 Å². The third-order valence-electron chi connectivity index (χ3n) is 5.32. The summed E-state index contributed by atoms with van der Waals surface area (Å²) in [7, 11) is 0. The molecule has 1 aromatic carbocycles. The lowest BCUT2D eigenvalue weighted by Crippen LogP contribution is -2.38. The van der Waals surface area contributed by atoms with Gasteiger partial charge in [-0.2, -0.15) is 0 Å². The van der Waals surface area contributed by atoms with Crippen molar-refractivity contribution in [2.45, 2.75) is 45.1 Å². The van der Waals surface area contributed by atoms with Gasteiger partial charge in [-0.25, -0.2) is 0 Å². The van der Waals surface area contributed by atoms with Crippen LogP contribution in [0, 0.1) is 11.8 Å². The van der Waals surface area contributed by atoms with E-state index in [0.29, 0.717) is 0 Å². The number of primary amides is 1. The van der Waals surface area contributed by atoms with Gasteiger partial charge in [-0.15, -0.1) is 0 Å². The SMILES string of the molecule is NC(=O)C1CCN(Cc2cccc(NC(=O)C3CCCC3)c2)CC1.